The molecule has 0 radical (unpaired) electrons. The van der Waals surface area contributed by atoms with Crippen LogP contribution in [-0.4, -0.2) is 6.54 Å². The lowest BCUT2D eigenvalue weighted by molar-refractivity contribution is -0.137. The van der Waals surface area contributed by atoms with Gasteiger partial charge in [-0.25, -0.2) is 0 Å². The number of halogens is 3. The Hall–Kier alpha value is -1.03. The summed E-state index contributed by atoms with van der Waals surface area (Å²) >= 11 is 0. The smallest absolute Gasteiger partial charge is 0.330 e. The maximum absolute atomic E-state index is 12.3. The number of hydrogen-bond acceptors (Lipinski definition) is 1. The summed E-state index contributed by atoms with van der Waals surface area (Å²) in [6.07, 6.45) is -3.58. The van der Waals surface area contributed by atoms with Gasteiger partial charge in [0.1, 0.15) is 0 Å². The van der Waals surface area contributed by atoms with Crippen molar-refractivity contribution in [1.82, 2.24) is 0 Å². The predicted octanol–water partition coefficient (Wildman–Crippen LogP) is 3.23. The first-order valence-electron chi connectivity index (χ1n) is 5.11. The molecule has 0 atom stereocenters. The van der Waals surface area contributed by atoms with E-state index in [1.54, 1.807) is 0 Å². The van der Waals surface area contributed by atoms with Crippen LogP contribution in [0.1, 0.15) is 25.0 Å². The summed E-state index contributed by atoms with van der Waals surface area (Å²) in [5.74, 6) is 0. The van der Waals surface area contributed by atoms with Crippen LogP contribution in [0.3, 0.4) is 0 Å². The van der Waals surface area contributed by atoms with Gasteiger partial charge in [0.25, 0.3) is 0 Å². The zero-order valence-corrected chi connectivity index (χ0v) is 9.43. The molecule has 4 heteroatoms. The zero-order chi connectivity index (χ0) is 12.4. The molecule has 0 saturated carbocycles. The molecule has 0 heterocycles. The highest BCUT2D eigenvalue weighted by Crippen LogP contribution is 2.30. The van der Waals surface area contributed by atoms with Gasteiger partial charge in [0.15, 0.2) is 0 Å². The largest absolute Gasteiger partial charge is 0.416 e. The van der Waals surface area contributed by atoms with Crippen LogP contribution in [0.4, 0.5) is 13.2 Å². The van der Waals surface area contributed by atoms with Crippen LogP contribution >= 0.6 is 0 Å². The van der Waals surface area contributed by atoms with Crippen molar-refractivity contribution < 1.29 is 13.2 Å². The standard InChI is InChI=1S/C12H16F3N/c1-11(2,8-16)7-9-3-5-10(6-4-9)12(13,14)15/h3-6H,7-8,16H2,1-2H3. The van der Waals surface area contributed by atoms with E-state index in [2.05, 4.69) is 0 Å². The van der Waals surface area contributed by atoms with Crippen molar-refractivity contribution in [3.8, 4) is 0 Å². The van der Waals surface area contributed by atoms with Gasteiger partial charge < -0.3 is 5.73 Å². The Bertz CT molecular complexity index is 338. The van der Waals surface area contributed by atoms with E-state index < -0.39 is 11.7 Å². The molecule has 0 bridgehead atoms. The molecule has 0 spiro atoms. The summed E-state index contributed by atoms with van der Waals surface area (Å²) in [5, 5.41) is 0. The second kappa shape index (κ2) is 4.45. The van der Waals surface area contributed by atoms with E-state index in [0.717, 1.165) is 17.7 Å². The van der Waals surface area contributed by atoms with E-state index in [0.29, 0.717) is 13.0 Å². The van der Waals surface area contributed by atoms with Crippen molar-refractivity contribution in [2.24, 2.45) is 11.1 Å². The maximum atomic E-state index is 12.3. The van der Waals surface area contributed by atoms with Gasteiger partial charge in [-0.15, -0.1) is 0 Å². The Morgan fingerprint density at radius 3 is 1.94 bits per heavy atom. The first-order valence-corrected chi connectivity index (χ1v) is 5.11. The molecule has 0 aliphatic heterocycles. The average molecular weight is 231 g/mol. The van der Waals surface area contributed by atoms with Gasteiger partial charge in [0.2, 0.25) is 0 Å². The normalized spacial score (nSPS) is 12.9. The van der Waals surface area contributed by atoms with Crippen LogP contribution in [0.5, 0.6) is 0 Å². The second-order valence-electron chi connectivity index (χ2n) is 4.74. The van der Waals surface area contributed by atoms with E-state index >= 15 is 0 Å². The van der Waals surface area contributed by atoms with Gasteiger partial charge in [-0.05, 0) is 36.1 Å². The lowest BCUT2D eigenvalue weighted by Crippen LogP contribution is -2.25. The Labute approximate surface area is 93.5 Å². The molecule has 0 aliphatic carbocycles. The summed E-state index contributed by atoms with van der Waals surface area (Å²) in [5.41, 5.74) is 5.76. The highest BCUT2D eigenvalue weighted by atomic mass is 19.4. The molecular formula is C12H16F3N. The summed E-state index contributed by atoms with van der Waals surface area (Å²) < 4.78 is 36.9. The monoisotopic (exact) mass is 231 g/mol. The minimum atomic E-state index is -4.26. The van der Waals surface area contributed by atoms with E-state index in [4.69, 9.17) is 5.73 Å². The fourth-order valence-electron chi connectivity index (χ4n) is 1.44. The van der Waals surface area contributed by atoms with Crippen LogP contribution < -0.4 is 5.73 Å². The molecule has 1 nitrogen and oxygen atoms in total. The topological polar surface area (TPSA) is 26.0 Å². The van der Waals surface area contributed by atoms with Crippen LogP contribution in [-0.2, 0) is 12.6 Å². The molecule has 2 N–H and O–H groups in total. The Morgan fingerprint density at radius 1 is 1.06 bits per heavy atom. The van der Waals surface area contributed by atoms with Crippen LogP contribution in [0, 0.1) is 5.41 Å². The van der Waals surface area contributed by atoms with E-state index in [-0.39, 0.29) is 5.41 Å². The zero-order valence-electron chi connectivity index (χ0n) is 9.43. The lowest BCUT2D eigenvalue weighted by Gasteiger charge is -2.22. The van der Waals surface area contributed by atoms with Gasteiger partial charge in [0.05, 0.1) is 5.56 Å². The molecule has 16 heavy (non-hydrogen) atoms. The van der Waals surface area contributed by atoms with Crippen molar-refractivity contribution in [2.45, 2.75) is 26.4 Å². The van der Waals surface area contributed by atoms with Gasteiger partial charge in [-0.3, -0.25) is 0 Å². The van der Waals surface area contributed by atoms with Crippen molar-refractivity contribution in [1.29, 1.82) is 0 Å². The highest BCUT2D eigenvalue weighted by Gasteiger charge is 2.30. The fourth-order valence-corrected chi connectivity index (χ4v) is 1.44. The van der Waals surface area contributed by atoms with Gasteiger partial charge in [0, 0.05) is 0 Å². The molecule has 0 aromatic heterocycles. The first-order chi connectivity index (χ1) is 7.24. The molecule has 1 aromatic rings. The van der Waals surface area contributed by atoms with Crippen LogP contribution in [0.25, 0.3) is 0 Å². The molecular weight excluding hydrogens is 215 g/mol. The third kappa shape index (κ3) is 3.52. The highest BCUT2D eigenvalue weighted by molar-refractivity contribution is 5.25. The summed E-state index contributed by atoms with van der Waals surface area (Å²) in [4.78, 5) is 0. The van der Waals surface area contributed by atoms with E-state index in [1.807, 2.05) is 13.8 Å². The Kier molecular flexibility index (Phi) is 3.63. The maximum Gasteiger partial charge on any atom is 0.416 e. The molecule has 90 valence electrons. The quantitative estimate of drug-likeness (QED) is 0.849. The Balaban J connectivity index is 2.80. The van der Waals surface area contributed by atoms with Gasteiger partial charge in [-0.1, -0.05) is 26.0 Å². The molecule has 0 saturated heterocycles. The molecule has 0 fully saturated rings. The minimum Gasteiger partial charge on any atom is -0.330 e. The molecule has 1 rings (SSSR count). The van der Waals surface area contributed by atoms with Crippen LogP contribution in [0.15, 0.2) is 24.3 Å². The predicted molar refractivity (Wildman–Crippen MR) is 58.0 cm³/mol. The van der Waals surface area contributed by atoms with E-state index in [9.17, 15) is 13.2 Å². The lowest BCUT2D eigenvalue weighted by atomic mass is 9.86. The minimum absolute atomic E-state index is 0.0836. The SMILES string of the molecule is CC(C)(CN)Cc1ccc(C(F)(F)F)cc1. The average Bonchev–Trinajstić information content (AvgIpc) is 2.16. The number of hydrogen-bond donors (Lipinski definition) is 1. The van der Waals surface area contributed by atoms with Crippen molar-refractivity contribution in [3.63, 3.8) is 0 Å². The van der Waals surface area contributed by atoms with Crippen molar-refractivity contribution in [3.05, 3.63) is 35.4 Å². The van der Waals surface area contributed by atoms with Gasteiger partial charge >= 0.3 is 6.18 Å². The molecule has 0 unspecified atom stereocenters. The number of benzene rings is 1. The van der Waals surface area contributed by atoms with Gasteiger partial charge in [-0.2, -0.15) is 13.2 Å². The molecule has 0 amide bonds. The number of nitrogens with two attached hydrogens (primary N) is 1. The molecule has 1 aromatic carbocycles. The third-order valence-corrected chi connectivity index (χ3v) is 2.52. The number of alkyl halides is 3. The number of rotatable bonds is 3. The Morgan fingerprint density at radius 2 is 1.56 bits per heavy atom. The van der Waals surface area contributed by atoms with Crippen LogP contribution in [0.2, 0.25) is 0 Å². The summed E-state index contributed by atoms with van der Waals surface area (Å²) in [7, 11) is 0. The fraction of sp³-hybridized carbons (Fsp3) is 0.500. The molecule has 0 aliphatic rings. The third-order valence-electron chi connectivity index (χ3n) is 2.52. The summed E-state index contributed by atoms with van der Waals surface area (Å²) in [6, 6.07) is 5.25. The van der Waals surface area contributed by atoms with Crippen molar-refractivity contribution in [2.75, 3.05) is 6.54 Å². The van der Waals surface area contributed by atoms with Crippen molar-refractivity contribution >= 4 is 0 Å². The second-order valence-corrected chi connectivity index (χ2v) is 4.74. The summed E-state index contributed by atoms with van der Waals surface area (Å²) in [6.45, 7) is 4.49. The first kappa shape index (κ1) is 13.0. The van der Waals surface area contributed by atoms with E-state index in [1.165, 1.54) is 12.1 Å².